The van der Waals surface area contributed by atoms with Crippen molar-refractivity contribution in [2.45, 2.75) is 4.90 Å². The van der Waals surface area contributed by atoms with Crippen molar-refractivity contribution in [2.75, 3.05) is 0 Å². The second kappa shape index (κ2) is 11.2. The van der Waals surface area contributed by atoms with E-state index in [1.54, 1.807) is 6.07 Å². The van der Waals surface area contributed by atoms with E-state index in [-0.39, 0.29) is 50.9 Å². The average molecular weight is 541 g/mol. The van der Waals surface area contributed by atoms with Gasteiger partial charge < -0.3 is 14.2 Å². The number of fused-ring (bicyclic) bond motifs is 1. The molecule has 0 bridgehead atoms. The fraction of sp³-hybridized carbons (Fsp3) is 0. The van der Waals surface area contributed by atoms with E-state index in [0.717, 1.165) is 18.2 Å². The smallest absolute Gasteiger partial charge is 0.744 e. The van der Waals surface area contributed by atoms with E-state index in [4.69, 9.17) is 5.14 Å². The molecule has 1 aliphatic carbocycles. The van der Waals surface area contributed by atoms with Crippen molar-refractivity contribution >= 4 is 58.7 Å². The maximum absolute atomic E-state index is 11.6. The van der Waals surface area contributed by atoms with Crippen LogP contribution in [-0.2, 0) is 20.1 Å². The molecule has 1 aliphatic rings. The number of nitrogens with zero attached hydrogens (tertiary/aromatic N) is 6. The first-order chi connectivity index (χ1) is 16.3. The third-order valence-electron chi connectivity index (χ3n) is 4.29. The van der Waals surface area contributed by atoms with Gasteiger partial charge in [-0.3, -0.25) is 10.1 Å². The maximum Gasteiger partial charge on any atom is 1.00 e. The topological polar surface area (TPSA) is 257 Å². The van der Waals surface area contributed by atoms with Gasteiger partial charge in [-0.1, -0.05) is 0 Å². The Morgan fingerprint density at radius 2 is 1.75 bits per heavy atom. The molecule has 0 spiro atoms. The van der Waals surface area contributed by atoms with Crippen molar-refractivity contribution < 1.29 is 61.3 Å². The first kappa shape index (κ1) is 28.9. The van der Waals surface area contributed by atoms with Crippen molar-refractivity contribution in [1.82, 2.24) is 0 Å². The van der Waals surface area contributed by atoms with Gasteiger partial charge in [0, 0.05) is 29.0 Å². The second-order valence-electron chi connectivity index (χ2n) is 6.58. The molecule has 18 heteroatoms. The number of azo groups is 1. The van der Waals surface area contributed by atoms with Gasteiger partial charge in [-0.15, -0.1) is 20.4 Å². The Hall–Kier alpha value is -3.34. The summed E-state index contributed by atoms with van der Waals surface area (Å²) in [7, 11) is -8.80. The summed E-state index contributed by atoms with van der Waals surface area (Å²) in [5.74, 6) is -1.42. The molecule has 0 radical (unpaired) electrons. The largest absolute Gasteiger partial charge is 1.00 e. The standard InChI is InChI=1S/C18H13N7O8S2.Na/c19-9-17(22-21-10-1-4-12(5-2-10)34(20,29)30)23-24-18-13-6-3-11(25(27)28)7-14(13)16(8-15(18)26)35(31,32)33;/h1-8,26H,(H3,20,29,30)(H,31,32,33);/q;+1/p-1. The summed E-state index contributed by atoms with van der Waals surface area (Å²) in [4.78, 5) is 9.27. The molecule has 36 heavy (non-hydrogen) atoms. The molecule has 2 aromatic rings. The predicted octanol–water partition coefficient (Wildman–Crippen LogP) is -1.35. The van der Waals surface area contributed by atoms with Crippen molar-refractivity contribution in [3.8, 4) is 11.8 Å². The van der Waals surface area contributed by atoms with Crippen molar-refractivity contribution in [1.29, 1.82) is 5.26 Å². The first-order valence-corrected chi connectivity index (χ1v) is 11.9. The van der Waals surface area contributed by atoms with E-state index in [1.807, 2.05) is 0 Å². The van der Waals surface area contributed by atoms with Gasteiger partial charge in [0.2, 0.25) is 0 Å². The summed E-state index contributed by atoms with van der Waals surface area (Å²) in [6, 6.07) is 5.01. The zero-order chi connectivity index (χ0) is 26.0. The van der Waals surface area contributed by atoms with Crippen LogP contribution in [0.15, 0.2) is 73.9 Å². The zero-order valence-electron chi connectivity index (χ0n) is 18.0. The van der Waals surface area contributed by atoms with Gasteiger partial charge in [0.15, 0.2) is 0 Å². The predicted molar refractivity (Wildman–Crippen MR) is 123 cm³/mol. The molecule has 0 amide bonds. The quantitative estimate of drug-likeness (QED) is 0.0603. The molecule has 0 saturated heterocycles. The van der Waals surface area contributed by atoms with Crippen molar-refractivity contribution in [3.05, 3.63) is 58.7 Å². The summed E-state index contributed by atoms with van der Waals surface area (Å²) in [6.07, 6.45) is 5.03. The molecular formula is C18H12N7NaO8S2. The zero-order valence-corrected chi connectivity index (χ0v) is 21.7. The summed E-state index contributed by atoms with van der Waals surface area (Å²) >= 11 is 0. The molecule has 0 heterocycles. The fourth-order valence-electron chi connectivity index (χ4n) is 2.75. The summed E-state index contributed by atoms with van der Waals surface area (Å²) in [6.45, 7) is 0. The van der Waals surface area contributed by atoms with Crippen LogP contribution in [0.3, 0.4) is 0 Å². The molecular weight excluding hydrogens is 529 g/mol. The molecule has 2 aromatic carbocycles. The van der Waals surface area contributed by atoms with Crippen LogP contribution >= 0.6 is 0 Å². The molecule has 4 N–H and O–H groups in total. The SMILES string of the molecule is N#CC(N=Nc1c(O)cc(S(=O)(=O)[O-])c2cc([N+](=O)[O-])ccc12)=NN=C1C=CC(=S(N)(=O)O)C=C1.[Na+]. The Bertz CT molecular complexity index is 1670. The number of phenols is 1. The van der Waals surface area contributed by atoms with Crippen LogP contribution in [0.25, 0.3) is 10.8 Å². The summed E-state index contributed by atoms with van der Waals surface area (Å²) in [5.41, 5.74) is -0.757. The van der Waals surface area contributed by atoms with E-state index >= 15 is 0 Å². The molecule has 0 fully saturated rings. The normalized spacial score (nSPS) is 15.4. The minimum absolute atomic E-state index is 0. The van der Waals surface area contributed by atoms with Crippen LogP contribution in [-0.4, -0.2) is 48.2 Å². The Balaban J connectivity index is 0.00000456. The number of amidine groups is 1. The number of nitro groups is 1. The maximum atomic E-state index is 11.6. The Labute approximate surface area is 225 Å². The van der Waals surface area contributed by atoms with Crippen LogP contribution in [0.1, 0.15) is 0 Å². The number of benzene rings is 2. The van der Waals surface area contributed by atoms with E-state index < -0.39 is 52.9 Å². The van der Waals surface area contributed by atoms with Crippen LogP contribution in [0.4, 0.5) is 11.4 Å². The molecule has 180 valence electrons. The molecule has 1 unspecified atom stereocenters. The van der Waals surface area contributed by atoms with Gasteiger partial charge in [0.05, 0.1) is 20.4 Å². The number of nitriles is 1. The molecule has 0 aromatic heterocycles. The number of phenolic OH excluding ortho intramolecular Hbond substituents is 1. The third kappa shape index (κ3) is 6.66. The van der Waals surface area contributed by atoms with E-state index in [0.29, 0.717) is 6.07 Å². The fourth-order valence-corrected chi connectivity index (χ4v) is 3.97. The van der Waals surface area contributed by atoms with Gasteiger partial charge in [-0.05, 0) is 30.4 Å². The van der Waals surface area contributed by atoms with E-state index in [9.17, 15) is 42.2 Å². The van der Waals surface area contributed by atoms with Crippen molar-refractivity contribution in [2.24, 2.45) is 25.6 Å². The third-order valence-corrected chi connectivity index (χ3v) is 6.12. The molecule has 0 saturated carbocycles. The number of aromatic hydroxyl groups is 1. The number of nitrogens with two attached hydrogens (primary N) is 1. The van der Waals surface area contributed by atoms with Crippen LogP contribution < -0.4 is 34.7 Å². The van der Waals surface area contributed by atoms with E-state index in [2.05, 4.69) is 20.4 Å². The number of allylic oxidation sites excluding steroid dienone is 4. The Morgan fingerprint density at radius 3 is 2.28 bits per heavy atom. The number of nitro benzene ring substituents is 1. The van der Waals surface area contributed by atoms with Gasteiger partial charge >= 0.3 is 29.6 Å². The van der Waals surface area contributed by atoms with Gasteiger partial charge in [-0.25, -0.2) is 17.8 Å². The van der Waals surface area contributed by atoms with Gasteiger partial charge in [0.25, 0.3) is 11.5 Å². The number of hydrogen-bond acceptors (Lipinski definition) is 11. The van der Waals surface area contributed by atoms with Crippen LogP contribution in [0.2, 0.25) is 0 Å². The number of non-ortho nitro benzene ring substituents is 1. The van der Waals surface area contributed by atoms with Crippen molar-refractivity contribution in [3.63, 3.8) is 0 Å². The van der Waals surface area contributed by atoms with Crippen LogP contribution in [0.5, 0.6) is 5.75 Å². The van der Waals surface area contributed by atoms with Gasteiger partial charge in [0.1, 0.15) is 37.6 Å². The second-order valence-corrected chi connectivity index (χ2v) is 9.54. The minimum Gasteiger partial charge on any atom is -0.744 e. The molecule has 3 rings (SSSR count). The molecule has 0 aliphatic heterocycles. The number of rotatable bonds is 4. The van der Waals surface area contributed by atoms with Crippen LogP contribution in [0, 0.1) is 21.4 Å². The van der Waals surface area contributed by atoms with Gasteiger partial charge in [-0.2, -0.15) is 5.26 Å². The Kier molecular flexibility index (Phi) is 8.95. The molecule has 1 atom stereocenters. The monoisotopic (exact) mass is 541 g/mol. The number of hydrogen-bond donors (Lipinski definition) is 3. The molecule has 15 nitrogen and oxygen atoms in total. The average Bonchev–Trinajstić information content (AvgIpc) is 2.78. The van der Waals surface area contributed by atoms with E-state index in [1.165, 1.54) is 24.3 Å². The summed E-state index contributed by atoms with van der Waals surface area (Å²) in [5, 5.41) is 49.5. The summed E-state index contributed by atoms with van der Waals surface area (Å²) < 4.78 is 55.5. The first-order valence-electron chi connectivity index (χ1n) is 8.96. The Morgan fingerprint density at radius 1 is 1.11 bits per heavy atom. The minimum atomic E-state index is -5.14.